The summed E-state index contributed by atoms with van der Waals surface area (Å²) in [6, 6.07) is 2.95. The maximum atomic E-state index is 12.8. The number of carboxylic acids is 1. The Labute approximate surface area is 135 Å². The van der Waals surface area contributed by atoms with Crippen molar-refractivity contribution in [3.05, 3.63) is 34.3 Å². The Morgan fingerprint density at radius 1 is 1.30 bits per heavy atom. The Bertz CT molecular complexity index is 627. The van der Waals surface area contributed by atoms with Crippen LogP contribution >= 0.6 is 11.6 Å². The van der Waals surface area contributed by atoms with E-state index in [1.54, 1.807) is 0 Å². The van der Waals surface area contributed by atoms with Gasteiger partial charge in [0.15, 0.2) is 0 Å². The Balaban J connectivity index is 2.13. The number of nitrogens with one attached hydrogen (secondary N) is 1. The highest BCUT2D eigenvalue weighted by molar-refractivity contribution is 6.32. The molecule has 0 bridgehead atoms. The fourth-order valence-electron chi connectivity index (χ4n) is 2.42. The molecule has 1 amide bonds. The third kappa shape index (κ3) is 3.96. The van der Waals surface area contributed by atoms with E-state index in [9.17, 15) is 22.8 Å². The van der Waals surface area contributed by atoms with Crippen LogP contribution in [0.2, 0.25) is 5.02 Å². The maximum Gasteiger partial charge on any atom is 0.416 e. The van der Waals surface area contributed by atoms with E-state index in [0.717, 1.165) is 18.2 Å². The minimum atomic E-state index is -4.51. The van der Waals surface area contributed by atoms with E-state index in [-0.39, 0.29) is 30.0 Å². The van der Waals surface area contributed by atoms with Crippen LogP contribution in [-0.4, -0.2) is 23.5 Å². The van der Waals surface area contributed by atoms with Crippen molar-refractivity contribution in [2.24, 2.45) is 0 Å². The third-order valence-electron chi connectivity index (χ3n) is 3.85. The number of alkyl halides is 3. The Morgan fingerprint density at radius 2 is 1.96 bits per heavy atom. The van der Waals surface area contributed by atoms with Crippen LogP contribution in [0.25, 0.3) is 0 Å². The summed E-state index contributed by atoms with van der Waals surface area (Å²) >= 11 is 5.99. The van der Waals surface area contributed by atoms with Crippen molar-refractivity contribution in [3.8, 4) is 0 Å². The Kier molecular flexibility index (Phi) is 4.89. The molecule has 0 radical (unpaired) electrons. The summed E-state index contributed by atoms with van der Waals surface area (Å²) in [5.41, 5.74) is -1.71. The van der Waals surface area contributed by atoms with Gasteiger partial charge in [-0.15, -0.1) is 0 Å². The van der Waals surface area contributed by atoms with Gasteiger partial charge in [-0.1, -0.05) is 11.6 Å². The normalized spacial score (nSPS) is 16.0. The van der Waals surface area contributed by atoms with E-state index in [1.165, 1.54) is 0 Å². The molecule has 1 aliphatic rings. The van der Waals surface area contributed by atoms with E-state index >= 15 is 0 Å². The van der Waals surface area contributed by atoms with E-state index in [1.807, 2.05) is 0 Å². The van der Waals surface area contributed by atoms with Crippen LogP contribution in [-0.2, 0) is 21.2 Å². The molecule has 1 aromatic carbocycles. The molecular formula is C15H15ClF3NO3. The topological polar surface area (TPSA) is 66.4 Å². The molecule has 0 heterocycles. The number of carbonyl (C=O) groups excluding carboxylic acids is 1. The Morgan fingerprint density at radius 3 is 2.48 bits per heavy atom. The van der Waals surface area contributed by atoms with Crippen LogP contribution in [0, 0.1) is 0 Å². The number of hydrogen-bond acceptors (Lipinski definition) is 2. The van der Waals surface area contributed by atoms with Gasteiger partial charge < -0.3 is 10.4 Å². The molecule has 126 valence electrons. The van der Waals surface area contributed by atoms with Crippen LogP contribution in [0.1, 0.15) is 36.8 Å². The fourth-order valence-corrected chi connectivity index (χ4v) is 2.72. The third-order valence-corrected chi connectivity index (χ3v) is 4.18. The molecule has 8 heteroatoms. The van der Waals surface area contributed by atoms with Crippen LogP contribution in [0.4, 0.5) is 13.2 Å². The SMILES string of the molecule is O=C(O)CCCNC(=O)C1(c2cc(C(F)(F)F)ccc2Cl)CC1. The summed E-state index contributed by atoms with van der Waals surface area (Å²) in [7, 11) is 0. The van der Waals surface area contributed by atoms with Crippen molar-refractivity contribution in [2.45, 2.75) is 37.3 Å². The van der Waals surface area contributed by atoms with E-state index in [4.69, 9.17) is 16.7 Å². The lowest BCUT2D eigenvalue weighted by Crippen LogP contribution is -2.35. The molecule has 2 rings (SSSR count). The first kappa shape index (κ1) is 17.6. The molecule has 1 saturated carbocycles. The van der Waals surface area contributed by atoms with Crippen molar-refractivity contribution in [1.82, 2.24) is 5.32 Å². The molecule has 0 aromatic heterocycles. The van der Waals surface area contributed by atoms with E-state index < -0.39 is 29.0 Å². The smallest absolute Gasteiger partial charge is 0.416 e. The lowest BCUT2D eigenvalue weighted by atomic mass is 9.93. The van der Waals surface area contributed by atoms with Crippen molar-refractivity contribution in [2.75, 3.05) is 6.54 Å². The zero-order valence-electron chi connectivity index (χ0n) is 12.0. The predicted molar refractivity (Wildman–Crippen MR) is 77.2 cm³/mol. The first-order valence-corrected chi connectivity index (χ1v) is 7.42. The molecule has 23 heavy (non-hydrogen) atoms. The zero-order chi connectivity index (χ0) is 17.3. The number of hydrogen-bond donors (Lipinski definition) is 2. The standard InChI is InChI=1S/C15H15ClF3NO3/c16-11-4-3-9(15(17,18)19)8-10(11)14(5-6-14)13(23)20-7-1-2-12(21)22/h3-4,8H,1-2,5-7H2,(H,20,23)(H,21,22). The second-order valence-electron chi connectivity index (χ2n) is 5.53. The highest BCUT2D eigenvalue weighted by atomic mass is 35.5. The second-order valence-corrected chi connectivity index (χ2v) is 5.93. The van der Waals surface area contributed by atoms with Crippen LogP contribution in [0.3, 0.4) is 0 Å². The summed E-state index contributed by atoms with van der Waals surface area (Å²) in [6.45, 7) is 0.156. The van der Waals surface area contributed by atoms with Crippen LogP contribution in [0.15, 0.2) is 18.2 Å². The number of rotatable bonds is 6. The van der Waals surface area contributed by atoms with Gasteiger partial charge in [0.2, 0.25) is 5.91 Å². The summed E-state index contributed by atoms with van der Waals surface area (Å²) in [5, 5.41) is 11.2. The molecular weight excluding hydrogens is 335 g/mol. The number of carboxylic acid groups (broad SMARTS) is 1. The highest BCUT2D eigenvalue weighted by Gasteiger charge is 2.52. The highest BCUT2D eigenvalue weighted by Crippen LogP contribution is 2.51. The summed E-state index contributed by atoms with van der Waals surface area (Å²) < 4.78 is 38.5. The molecule has 0 saturated heterocycles. The van der Waals surface area contributed by atoms with Crippen LogP contribution < -0.4 is 5.32 Å². The molecule has 0 atom stereocenters. The van der Waals surface area contributed by atoms with Crippen molar-refractivity contribution in [3.63, 3.8) is 0 Å². The number of aliphatic carboxylic acids is 1. The van der Waals surface area contributed by atoms with E-state index in [0.29, 0.717) is 12.8 Å². The lowest BCUT2D eigenvalue weighted by molar-refractivity contribution is -0.138. The van der Waals surface area contributed by atoms with Gasteiger partial charge in [-0.2, -0.15) is 13.2 Å². The van der Waals surface area contributed by atoms with Gasteiger partial charge in [-0.3, -0.25) is 9.59 Å². The molecule has 0 aliphatic heterocycles. The minimum Gasteiger partial charge on any atom is -0.481 e. The average molecular weight is 350 g/mol. The molecule has 0 spiro atoms. The predicted octanol–water partition coefficient (Wildman–Crippen LogP) is 3.37. The van der Waals surface area contributed by atoms with Crippen molar-refractivity contribution >= 4 is 23.5 Å². The molecule has 4 nitrogen and oxygen atoms in total. The number of halogens is 4. The lowest BCUT2D eigenvalue weighted by Gasteiger charge is -2.19. The summed E-state index contributed by atoms with van der Waals surface area (Å²) in [6.07, 6.45) is -3.50. The molecule has 0 unspecified atom stereocenters. The first-order chi connectivity index (χ1) is 10.7. The number of carbonyl (C=O) groups is 2. The summed E-state index contributed by atoms with van der Waals surface area (Å²) in [4.78, 5) is 22.7. The van der Waals surface area contributed by atoms with E-state index in [2.05, 4.69) is 5.32 Å². The van der Waals surface area contributed by atoms with Gasteiger partial charge in [0.1, 0.15) is 0 Å². The summed E-state index contributed by atoms with van der Waals surface area (Å²) in [5.74, 6) is -1.38. The minimum absolute atomic E-state index is 0.0857. The number of benzene rings is 1. The fraction of sp³-hybridized carbons (Fsp3) is 0.467. The second kappa shape index (κ2) is 6.39. The molecule has 2 N–H and O–H groups in total. The van der Waals surface area contributed by atoms with Crippen molar-refractivity contribution in [1.29, 1.82) is 0 Å². The van der Waals surface area contributed by atoms with Crippen LogP contribution in [0.5, 0.6) is 0 Å². The quantitative estimate of drug-likeness (QED) is 0.774. The van der Waals surface area contributed by atoms with Gasteiger partial charge in [0.05, 0.1) is 11.0 Å². The van der Waals surface area contributed by atoms with Gasteiger partial charge in [0, 0.05) is 18.0 Å². The van der Waals surface area contributed by atoms with Gasteiger partial charge >= 0.3 is 12.1 Å². The monoisotopic (exact) mass is 349 g/mol. The first-order valence-electron chi connectivity index (χ1n) is 7.04. The Hall–Kier alpha value is -1.76. The van der Waals surface area contributed by atoms with Gasteiger partial charge in [-0.25, -0.2) is 0 Å². The largest absolute Gasteiger partial charge is 0.481 e. The van der Waals surface area contributed by atoms with Gasteiger partial charge in [0.25, 0.3) is 0 Å². The average Bonchev–Trinajstić information content (AvgIpc) is 3.24. The van der Waals surface area contributed by atoms with Crippen molar-refractivity contribution < 1.29 is 27.9 Å². The maximum absolute atomic E-state index is 12.8. The number of amides is 1. The molecule has 1 aromatic rings. The van der Waals surface area contributed by atoms with Gasteiger partial charge in [-0.05, 0) is 43.0 Å². The zero-order valence-corrected chi connectivity index (χ0v) is 12.8. The molecule has 1 fully saturated rings. The molecule has 1 aliphatic carbocycles.